The molecule has 0 bridgehead atoms. The number of carbonyl (C=O) groups is 1. The van der Waals surface area contributed by atoms with Gasteiger partial charge in [-0.25, -0.2) is 0 Å². The summed E-state index contributed by atoms with van der Waals surface area (Å²) in [4.78, 5) is 14.8. The van der Waals surface area contributed by atoms with Gasteiger partial charge in [0.1, 0.15) is 0 Å². The maximum absolute atomic E-state index is 12.4. The third-order valence-corrected chi connectivity index (χ3v) is 4.42. The number of nitrogens with zero attached hydrogens (tertiary/aromatic N) is 1. The summed E-state index contributed by atoms with van der Waals surface area (Å²) in [5, 5.41) is 6.43. The summed E-state index contributed by atoms with van der Waals surface area (Å²) in [6.07, 6.45) is 7.75. The van der Waals surface area contributed by atoms with Crippen LogP contribution in [-0.4, -0.2) is 42.5 Å². The molecule has 3 heterocycles. The normalized spacial score (nSPS) is 24.9. The van der Waals surface area contributed by atoms with Gasteiger partial charge in [-0.05, 0) is 51.4 Å². The molecular formula is C15H23N3O2. The highest BCUT2D eigenvalue weighted by Gasteiger charge is 2.35. The summed E-state index contributed by atoms with van der Waals surface area (Å²) >= 11 is 0. The fourth-order valence-electron chi connectivity index (χ4n) is 3.35. The molecule has 1 aromatic heterocycles. The first kappa shape index (κ1) is 13.6. The van der Waals surface area contributed by atoms with E-state index < -0.39 is 0 Å². The zero-order valence-electron chi connectivity index (χ0n) is 11.8. The van der Waals surface area contributed by atoms with E-state index in [1.54, 1.807) is 12.5 Å². The third-order valence-electron chi connectivity index (χ3n) is 4.42. The summed E-state index contributed by atoms with van der Waals surface area (Å²) in [5.41, 5.74) is 1.02. The average Bonchev–Trinajstić information content (AvgIpc) is 3.17. The van der Waals surface area contributed by atoms with Gasteiger partial charge >= 0.3 is 0 Å². The molecular weight excluding hydrogens is 254 g/mol. The molecule has 5 heteroatoms. The molecule has 2 aliphatic heterocycles. The fraction of sp³-hybridized carbons (Fsp3) is 0.667. The van der Waals surface area contributed by atoms with Crippen LogP contribution in [0.2, 0.25) is 0 Å². The SMILES string of the molecule is O=C(NCc1ccoc1)C1CCCN1C1CCNCC1. The smallest absolute Gasteiger partial charge is 0.237 e. The molecule has 20 heavy (non-hydrogen) atoms. The Morgan fingerprint density at radius 2 is 2.25 bits per heavy atom. The Morgan fingerprint density at radius 3 is 3.00 bits per heavy atom. The van der Waals surface area contributed by atoms with E-state index in [4.69, 9.17) is 4.42 Å². The molecule has 0 saturated carbocycles. The number of rotatable bonds is 4. The molecule has 5 nitrogen and oxygen atoms in total. The van der Waals surface area contributed by atoms with Gasteiger partial charge in [-0.15, -0.1) is 0 Å². The molecule has 0 aliphatic carbocycles. The molecule has 1 amide bonds. The van der Waals surface area contributed by atoms with Crippen LogP contribution in [0, 0.1) is 0 Å². The van der Waals surface area contributed by atoms with Crippen molar-refractivity contribution in [3.05, 3.63) is 24.2 Å². The van der Waals surface area contributed by atoms with Crippen LogP contribution in [0.4, 0.5) is 0 Å². The summed E-state index contributed by atoms with van der Waals surface area (Å²) in [6.45, 7) is 3.77. The predicted octanol–water partition coefficient (Wildman–Crippen LogP) is 1.11. The van der Waals surface area contributed by atoms with Crippen LogP contribution in [0.1, 0.15) is 31.2 Å². The lowest BCUT2D eigenvalue weighted by Gasteiger charge is -2.35. The molecule has 0 spiro atoms. The number of nitrogens with one attached hydrogen (secondary N) is 2. The Bertz CT molecular complexity index is 426. The van der Waals surface area contributed by atoms with E-state index in [2.05, 4.69) is 15.5 Å². The van der Waals surface area contributed by atoms with Gasteiger partial charge in [0.05, 0.1) is 18.6 Å². The highest BCUT2D eigenvalue weighted by molar-refractivity contribution is 5.82. The van der Waals surface area contributed by atoms with Crippen molar-refractivity contribution in [3.8, 4) is 0 Å². The maximum atomic E-state index is 12.4. The van der Waals surface area contributed by atoms with Crippen molar-refractivity contribution in [1.29, 1.82) is 0 Å². The second-order valence-corrected chi connectivity index (χ2v) is 5.73. The van der Waals surface area contributed by atoms with Gasteiger partial charge in [-0.1, -0.05) is 0 Å². The number of hydrogen-bond donors (Lipinski definition) is 2. The number of amides is 1. The first-order chi connectivity index (χ1) is 9.84. The summed E-state index contributed by atoms with van der Waals surface area (Å²) < 4.78 is 5.02. The van der Waals surface area contributed by atoms with Gasteiger partial charge in [0.15, 0.2) is 0 Å². The Kier molecular flexibility index (Phi) is 4.38. The number of piperidine rings is 1. The Hall–Kier alpha value is -1.33. The molecule has 2 saturated heterocycles. The predicted molar refractivity (Wildman–Crippen MR) is 76.2 cm³/mol. The van der Waals surface area contributed by atoms with Gasteiger partial charge in [0.25, 0.3) is 0 Å². The minimum absolute atomic E-state index is 0.0602. The number of carbonyl (C=O) groups excluding carboxylic acids is 1. The molecule has 110 valence electrons. The molecule has 1 atom stereocenters. The van der Waals surface area contributed by atoms with Crippen LogP contribution in [0.25, 0.3) is 0 Å². The van der Waals surface area contributed by atoms with Gasteiger partial charge in [0, 0.05) is 18.2 Å². The van der Waals surface area contributed by atoms with Crippen LogP contribution < -0.4 is 10.6 Å². The van der Waals surface area contributed by atoms with Crippen LogP contribution in [0.5, 0.6) is 0 Å². The van der Waals surface area contributed by atoms with Crippen molar-refractivity contribution < 1.29 is 9.21 Å². The Morgan fingerprint density at radius 1 is 1.40 bits per heavy atom. The van der Waals surface area contributed by atoms with E-state index in [9.17, 15) is 4.79 Å². The topological polar surface area (TPSA) is 57.5 Å². The van der Waals surface area contributed by atoms with Crippen molar-refractivity contribution in [2.45, 2.75) is 44.3 Å². The molecule has 1 aromatic rings. The summed E-state index contributed by atoms with van der Waals surface area (Å²) in [5.74, 6) is 0.169. The molecule has 2 fully saturated rings. The van der Waals surface area contributed by atoms with Gasteiger partial charge < -0.3 is 15.1 Å². The van der Waals surface area contributed by atoms with Crippen LogP contribution in [0.15, 0.2) is 23.0 Å². The third kappa shape index (κ3) is 3.04. The maximum Gasteiger partial charge on any atom is 0.237 e. The van der Waals surface area contributed by atoms with Crippen molar-refractivity contribution in [2.24, 2.45) is 0 Å². The van der Waals surface area contributed by atoms with E-state index >= 15 is 0 Å². The molecule has 0 aromatic carbocycles. The van der Waals surface area contributed by atoms with Crippen molar-refractivity contribution >= 4 is 5.91 Å². The lowest BCUT2D eigenvalue weighted by atomic mass is 10.0. The highest BCUT2D eigenvalue weighted by Crippen LogP contribution is 2.24. The van der Waals surface area contributed by atoms with E-state index in [0.29, 0.717) is 12.6 Å². The first-order valence-corrected chi connectivity index (χ1v) is 7.60. The van der Waals surface area contributed by atoms with Gasteiger partial charge in [-0.3, -0.25) is 9.69 Å². The monoisotopic (exact) mass is 277 g/mol. The molecule has 3 rings (SSSR count). The summed E-state index contributed by atoms with van der Waals surface area (Å²) in [7, 11) is 0. The Balaban J connectivity index is 1.55. The van der Waals surface area contributed by atoms with Crippen LogP contribution in [0.3, 0.4) is 0 Å². The zero-order valence-corrected chi connectivity index (χ0v) is 11.8. The molecule has 1 unspecified atom stereocenters. The molecule has 0 radical (unpaired) electrons. The lowest BCUT2D eigenvalue weighted by molar-refractivity contribution is -0.126. The summed E-state index contributed by atoms with van der Waals surface area (Å²) in [6, 6.07) is 2.52. The second-order valence-electron chi connectivity index (χ2n) is 5.73. The van der Waals surface area contributed by atoms with E-state index in [-0.39, 0.29) is 11.9 Å². The van der Waals surface area contributed by atoms with Gasteiger partial charge in [0.2, 0.25) is 5.91 Å². The molecule has 2 N–H and O–H groups in total. The van der Waals surface area contributed by atoms with E-state index in [0.717, 1.165) is 50.9 Å². The minimum Gasteiger partial charge on any atom is -0.472 e. The second kappa shape index (κ2) is 6.41. The van der Waals surface area contributed by atoms with Crippen molar-refractivity contribution in [2.75, 3.05) is 19.6 Å². The number of likely N-dealkylation sites (tertiary alicyclic amines) is 1. The quantitative estimate of drug-likeness (QED) is 0.865. The standard InChI is InChI=1S/C15H23N3O2/c19-15(17-10-12-5-9-20-11-12)14-2-1-8-18(14)13-3-6-16-7-4-13/h5,9,11,13-14,16H,1-4,6-8,10H2,(H,17,19). The van der Waals surface area contributed by atoms with E-state index in [1.165, 1.54) is 0 Å². The lowest BCUT2D eigenvalue weighted by Crippen LogP contribution is -2.50. The van der Waals surface area contributed by atoms with E-state index in [1.807, 2.05) is 6.07 Å². The Labute approximate surface area is 119 Å². The minimum atomic E-state index is 0.0602. The molecule has 2 aliphatic rings. The average molecular weight is 277 g/mol. The highest BCUT2D eigenvalue weighted by atomic mass is 16.3. The number of hydrogen-bond acceptors (Lipinski definition) is 4. The van der Waals surface area contributed by atoms with Crippen LogP contribution in [-0.2, 0) is 11.3 Å². The van der Waals surface area contributed by atoms with Gasteiger partial charge in [-0.2, -0.15) is 0 Å². The van der Waals surface area contributed by atoms with Crippen molar-refractivity contribution in [3.63, 3.8) is 0 Å². The largest absolute Gasteiger partial charge is 0.472 e. The fourth-order valence-corrected chi connectivity index (χ4v) is 3.35. The van der Waals surface area contributed by atoms with Crippen LogP contribution >= 0.6 is 0 Å². The van der Waals surface area contributed by atoms with Crippen molar-refractivity contribution in [1.82, 2.24) is 15.5 Å². The number of furan rings is 1. The first-order valence-electron chi connectivity index (χ1n) is 7.60. The zero-order chi connectivity index (χ0) is 13.8.